The van der Waals surface area contributed by atoms with Crippen molar-refractivity contribution in [2.24, 2.45) is 0 Å². The largest absolute Gasteiger partial charge is 0.368 e. The lowest BCUT2D eigenvalue weighted by atomic mass is 9.82. The van der Waals surface area contributed by atoms with Crippen molar-refractivity contribution in [3.8, 4) is 0 Å². The Labute approximate surface area is 82.0 Å². The summed E-state index contributed by atoms with van der Waals surface area (Å²) in [6.07, 6.45) is -0.448. The number of Topliss-reactive ketones (excluding diaryl/α,β-unsaturated/α-hetero) is 1. The van der Waals surface area contributed by atoms with Gasteiger partial charge < -0.3 is 10.2 Å². The fraction of sp³-hybridized carbons (Fsp3) is 0.364. The molecule has 0 saturated carbocycles. The highest BCUT2D eigenvalue weighted by molar-refractivity contribution is 5.98. The lowest BCUT2D eigenvalue weighted by molar-refractivity contribution is -0.0627. The van der Waals surface area contributed by atoms with Gasteiger partial charge in [-0.2, -0.15) is 0 Å². The number of ketones is 1. The van der Waals surface area contributed by atoms with Crippen LogP contribution in [0.3, 0.4) is 0 Å². The average molecular weight is 192 g/mol. The molecule has 1 aliphatic carbocycles. The average Bonchev–Trinajstić information content (AvgIpc) is 2.18. The van der Waals surface area contributed by atoms with Crippen LogP contribution in [0, 0.1) is 0 Å². The molecule has 0 bridgehead atoms. The molecule has 14 heavy (non-hydrogen) atoms. The maximum atomic E-state index is 11.5. The Morgan fingerprint density at radius 3 is 2.71 bits per heavy atom. The second-order valence-corrected chi connectivity index (χ2v) is 3.57. The van der Waals surface area contributed by atoms with Gasteiger partial charge in [0.1, 0.15) is 0 Å². The normalized spacial score (nSPS) is 21.1. The van der Waals surface area contributed by atoms with Gasteiger partial charge in [0.05, 0.1) is 0 Å². The number of fused-ring (bicyclic) bond motifs is 1. The molecule has 1 atom stereocenters. The fourth-order valence-corrected chi connectivity index (χ4v) is 1.96. The summed E-state index contributed by atoms with van der Waals surface area (Å²) >= 11 is 0. The van der Waals surface area contributed by atoms with Crippen LogP contribution in [0.15, 0.2) is 24.3 Å². The third-order valence-corrected chi connectivity index (χ3v) is 2.70. The summed E-state index contributed by atoms with van der Waals surface area (Å²) in [5.74, 6) is -0.221. The minimum Gasteiger partial charge on any atom is -0.368 e. The van der Waals surface area contributed by atoms with Crippen LogP contribution < -0.4 is 0 Å². The number of rotatable bonds is 1. The molecule has 1 unspecified atom stereocenters. The summed E-state index contributed by atoms with van der Waals surface area (Å²) in [6, 6.07) is 7.14. The van der Waals surface area contributed by atoms with Gasteiger partial charge >= 0.3 is 0 Å². The fourth-order valence-electron chi connectivity index (χ4n) is 1.96. The van der Waals surface area contributed by atoms with E-state index in [2.05, 4.69) is 0 Å². The standard InChI is InChI=1S/C11H12O3/c12-10-6-5-9(11(13)14)7-3-1-2-4-8(7)10/h1-4,9,11,13-14H,5-6H2. The molecule has 1 aliphatic rings. The third kappa shape index (κ3) is 1.45. The number of hydrogen-bond donors (Lipinski definition) is 2. The first-order valence-corrected chi connectivity index (χ1v) is 4.68. The van der Waals surface area contributed by atoms with Crippen LogP contribution in [0.2, 0.25) is 0 Å². The Hall–Kier alpha value is -1.19. The van der Waals surface area contributed by atoms with Crippen molar-refractivity contribution in [1.29, 1.82) is 0 Å². The van der Waals surface area contributed by atoms with E-state index in [4.69, 9.17) is 10.2 Å². The molecule has 0 fully saturated rings. The highest BCUT2D eigenvalue weighted by atomic mass is 16.5. The Bertz CT molecular complexity index is 357. The molecule has 1 aromatic carbocycles. The molecule has 1 aromatic rings. The molecule has 74 valence electrons. The SMILES string of the molecule is O=C1CCC(C(O)O)c2ccccc21. The molecule has 0 aliphatic heterocycles. The molecule has 0 saturated heterocycles. The lowest BCUT2D eigenvalue weighted by Crippen LogP contribution is -2.24. The Balaban J connectivity index is 2.46. The van der Waals surface area contributed by atoms with Gasteiger partial charge in [-0.05, 0) is 12.0 Å². The van der Waals surface area contributed by atoms with E-state index in [1.54, 1.807) is 18.2 Å². The van der Waals surface area contributed by atoms with E-state index < -0.39 is 6.29 Å². The maximum Gasteiger partial charge on any atom is 0.163 e. The van der Waals surface area contributed by atoms with E-state index in [1.807, 2.05) is 6.07 Å². The number of hydrogen-bond acceptors (Lipinski definition) is 3. The maximum absolute atomic E-state index is 11.5. The molecule has 2 N–H and O–H groups in total. The van der Waals surface area contributed by atoms with Gasteiger partial charge in [0.25, 0.3) is 0 Å². The number of aliphatic hydroxyl groups excluding tert-OH is 1. The Morgan fingerprint density at radius 1 is 1.29 bits per heavy atom. The lowest BCUT2D eigenvalue weighted by Gasteiger charge is -2.25. The van der Waals surface area contributed by atoms with Crippen LogP contribution in [0.25, 0.3) is 0 Å². The smallest absolute Gasteiger partial charge is 0.163 e. The van der Waals surface area contributed by atoms with Crippen LogP contribution >= 0.6 is 0 Å². The number of carbonyl (C=O) groups excluding carboxylic acids is 1. The molecular weight excluding hydrogens is 180 g/mol. The van der Waals surface area contributed by atoms with Crippen molar-refractivity contribution in [1.82, 2.24) is 0 Å². The van der Waals surface area contributed by atoms with E-state index in [0.717, 1.165) is 5.56 Å². The summed E-state index contributed by atoms with van der Waals surface area (Å²) in [7, 11) is 0. The topological polar surface area (TPSA) is 57.5 Å². The molecular formula is C11H12O3. The molecule has 3 heteroatoms. The Morgan fingerprint density at radius 2 is 2.00 bits per heavy atom. The monoisotopic (exact) mass is 192 g/mol. The number of carbonyl (C=O) groups is 1. The first-order chi connectivity index (χ1) is 6.70. The first-order valence-electron chi connectivity index (χ1n) is 4.68. The minimum atomic E-state index is -1.37. The zero-order valence-electron chi connectivity index (χ0n) is 7.68. The van der Waals surface area contributed by atoms with Gasteiger partial charge in [-0.25, -0.2) is 0 Å². The van der Waals surface area contributed by atoms with Gasteiger partial charge in [-0.15, -0.1) is 0 Å². The second-order valence-electron chi connectivity index (χ2n) is 3.57. The highest BCUT2D eigenvalue weighted by Gasteiger charge is 2.28. The number of aliphatic hydroxyl groups is 2. The van der Waals surface area contributed by atoms with Crippen molar-refractivity contribution in [2.45, 2.75) is 25.0 Å². The summed E-state index contributed by atoms with van der Waals surface area (Å²) in [4.78, 5) is 11.5. The second kappa shape index (κ2) is 3.52. The summed E-state index contributed by atoms with van der Waals surface area (Å²) in [5, 5.41) is 18.3. The van der Waals surface area contributed by atoms with Crippen LogP contribution in [-0.4, -0.2) is 22.3 Å². The van der Waals surface area contributed by atoms with Crippen LogP contribution in [-0.2, 0) is 0 Å². The third-order valence-electron chi connectivity index (χ3n) is 2.70. The van der Waals surface area contributed by atoms with Crippen molar-refractivity contribution in [3.05, 3.63) is 35.4 Å². The first kappa shape index (κ1) is 9.37. The summed E-state index contributed by atoms with van der Waals surface area (Å²) < 4.78 is 0. The summed E-state index contributed by atoms with van der Waals surface area (Å²) in [5.41, 5.74) is 1.40. The van der Waals surface area contributed by atoms with Crippen molar-refractivity contribution < 1.29 is 15.0 Å². The molecule has 3 nitrogen and oxygen atoms in total. The van der Waals surface area contributed by atoms with Gasteiger partial charge in [0.15, 0.2) is 12.1 Å². The highest BCUT2D eigenvalue weighted by Crippen LogP contribution is 2.32. The molecule has 0 heterocycles. The van der Waals surface area contributed by atoms with E-state index in [9.17, 15) is 4.79 Å². The van der Waals surface area contributed by atoms with E-state index in [-0.39, 0.29) is 11.7 Å². The summed E-state index contributed by atoms with van der Waals surface area (Å²) in [6.45, 7) is 0. The van der Waals surface area contributed by atoms with E-state index >= 15 is 0 Å². The van der Waals surface area contributed by atoms with Crippen LogP contribution in [0.4, 0.5) is 0 Å². The van der Waals surface area contributed by atoms with Crippen molar-refractivity contribution >= 4 is 5.78 Å². The minimum absolute atomic E-state index is 0.0949. The van der Waals surface area contributed by atoms with Gasteiger partial charge in [0, 0.05) is 17.9 Å². The van der Waals surface area contributed by atoms with E-state index in [0.29, 0.717) is 18.4 Å². The zero-order valence-corrected chi connectivity index (χ0v) is 7.68. The quantitative estimate of drug-likeness (QED) is 0.654. The number of benzene rings is 1. The van der Waals surface area contributed by atoms with Gasteiger partial charge in [-0.3, -0.25) is 4.79 Å². The van der Waals surface area contributed by atoms with E-state index in [1.165, 1.54) is 0 Å². The predicted molar refractivity (Wildman–Crippen MR) is 51.0 cm³/mol. The van der Waals surface area contributed by atoms with Crippen LogP contribution in [0.1, 0.15) is 34.7 Å². The molecule has 0 spiro atoms. The van der Waals surface area contributed by atoms with Crippen molar-refractivity contribution in [3.63, 3.8) is 0 Å². The van der Waals surface area contributed by atoms with Gasteiger partial charge in [0.2, 0.25) is 0 Å². The molecule has 0 amide bonds. The molecule has 0 radical (unpaired) electrons. The molecule has 0 aromatic heterocycles. The predicted octanol–water partition coefficient (Wildman–Crippen LogP) is 1.06. The van der Waals surface area contributed by atoms with Crippen LogP contribution in [0.5, 0.6) is 0 Å². The zero-order chi connectivity index (χ0) is 10.1. The Kier molecular flexibility index (Phi) is 2.35. The van der Waals surface area contributed by atoms with Crippen molar-refractivity contribution in [2.75, 3.05) is 0 Å². The molecule has 2 rings (SSSR count). The van der Waals surface area contributed by atoms with Gasteiger partial charge in [-0.1, -0.05) is 24.3 Å².